The molecular weight excluding hydrogens is 192 g/mol. The molecule has 2 rings (SSSR count). The van der Waals surface area contributed by atoms with Crippen LogP contribution in [0.15, 0.2) is 36.4 Å². The number of hydrogen-bond donors (Lipinski definition) is 0. The van der Waals surface area contributed by atoms with Gasteiger partial charge in [0.2, 0.25) is 0 Å². The molecule has 0 aromatic heterocycles. The molecule has 16 heavy (non-hydrogen) atoms. The first-order valence-corrected chi connectivity index (χ1v) is 6.45. The highest BCUT2D eigenvalue weighted by Crippen LogP contribution is 2.38. The van der Waals surface area contributed by atoms with Gasteiger partial charge < -0.3 is 0 Å². The number of rotatable bonds is 3. The van der Waals surface area contributed by atoms with Crippen LogP contribution in [0.1, 0.15) is 44.1 Å². The second kappa shape index (κ2) is 5.34. The smallest absolute Gasteiger partial charge is 0.00748 e. The molecule has 1 aliphatic rings. The Labute approximate surface area is 99.4 Å². The van der Waals surface area contributed by atoms with Crippen molar-refractivity contribution in [3.8, 4) is 0 Å². The third-order valence-corrected chi connectivity index (χ3v) is 3.85. The van der Waals surface area contributed by atoms with Gasteiger partial charge >= 0.3 is 0 Å². The fourth-order valence-electron chi connectivity index (χ4n) is 2.84. The zero-order valence-electron chi connectivity index (χ0n) is 9.99. The largest absolute Gasteiger partial charge is 0.0780 e. The van der Waals surface area contributed by atoms with Crippen molar-refractivity contribution in [3.05, 3.63) is 48.6 Å². The second-order valence-corrected chi connectivity index (χ2v) is 5.11. The molecule has 0 nitrogen and oxygen atoms in total. The van der Waals surface area contributed by atoms with Gasteiger partial charge in [0, 0.05) is 0 Å². The van der Waals surface area contributed by atoms with E-state index in [4.69, 9.17) is 6.58 Å². The van der Waals surface area contributed by atoms with Gasteiger partial charge in [-0.3, -0.25) is 0 Å². The first kappa shape index (κ1) is 11.4. The molecule has 0 atom stereocenters. The highest BCUT2D eigenvalue weighted by molar-refractivity contribution is 5.18. The molecule has 1 aromatic carbocycles. The summed E-state index contributed by atoms with van der Waals surface area (Å²) in [5, 5.41) is 0. The third-order valence-electron chi connectivity index (χ3n) is 3.85. The van der Waals surface area contributed by atoms with Gasteiger partial charge in [0.25, 0.3) is 0 Å². The van der Waals surface area contributed by atoms with Crippen molar-refractivity contribution in [1.29, 1.82) is 0 Å². The average molecular weight is 213 g/mol. The Balaban J connectivity index is 2.11. The standard InChI is InChI=1S/C16H21/c1-2-16(12-8-3-4-9-13-16)14-15-10-6-5-7-11-15/h1-2,5-7,10-11H,3-4,8-9,12-14H2. The van der Waals surface area contributed by atoms with E-state index >= 15 is 0 Å². The van der Waals surface area contributed by atoms with Crippen LogP contribution in [0, 0.1) is 12.0 Å². The summed E-state index contributed by atoms with van der Waals surface area (Å²) in [4.78, 5) is 0. The van der Waals surface area contributed by atoms with E-state index in [9.17, 15) is 0 Å². The Morgan fingerprint density at radius 1 is 1.00 bits per heavy atom. The van der Waals surface area contributed by atoms with Crippen LogP contribution in [0.3, 0.4) is 0 Å². The van der Waals surface area contributed by atoms with Crippen molar-refractivity contribution in [1.82, 2.24) is 0 Å². The van der Waals surface area contributed by atoms with Gasteiger partial charge in [-0.1, -0.05) is 68.7 Å². The third kappa shape index (κ3) is 2.75. The summed E-state index contributed by atoms with van der Waals surface area (Å²) in [7, 11) is 0. The minimum Gasteiger partial charge on any atom is -0.0780 e. The molecule has 0 heterocycles. The average Bonchev–Trinajstić information content (AvgIpc) is 2.57. The normalized spacial score (nSPS) is 20.0. The Morgan fingerprint density at radius 2 is 1.62 bits per heavy atom. The lowest BCUT2D eigenvalue weighted by Gasteiger charge is -2.29. The van der Waals surface area contributed by atoms with E-state index in [1.807, 2.05) is 6.08 Å². The minimum atomic E-state index is 0.262. The summed E-state index contributed by atoms with van der Waals surface area (Å²) in [6.07, 6.45) is 11.0. The quantitative estimate of drug-likeness (QED) is 0.646. The number of benzene rings is 1. The highest BCUT2D eigenvalue weighted by Gasteiger charge is 2.27. The van der Waals surface area contributed by atoms with E-state index < -0.39 is 0 Å². The van der Waals surface area contributed by atoms with E-state index in [0.29, 0.717) is 0 Å². The van der Waals surface area contributed by atoms with Gasteiger partial charge in [0.15, 0.2) is 0 Å². The first-order chi connectivity index (χ1) is 7.85. The van der Waals surface area contributed by atoms with Crippen molar-refractivity contribution in [3.63, 3.8) is 0 Å². The molecule has 85 valence electrons. The predicted octanol–water partition coefficient (Wildman–Crippen LogP) is 4.56. The van der Waals surface area contributed by atoms with Crippen LogP contribution in [-0.4, -0.2) is 0 Å². The topological polar surface area (TPSA) is 0 Å². The molecule has 1 aliphatic carbocycles. The van der Waals surface area contributed by atoms with Crippen LogP contribution in [0.2, 0.25) is 0 Å². The summed E-state index contributed by atoms with van der Waals surface area (Å²) in [6.45, 7) is 5.93. The maximum atomic E-state index is 5.93. The maximum Gasteiger partial charge on any atom is -0.00748 e. The van der Waals surface area contributed by atoms with E-state index in [1.54, 1.807) is 0 Å². The fraction of sp³-hybridized carbons (Fsp3) is 0.500. The molecular formula is C16H21. The molecule has 0 unspecified atom stereocenters. The van der Waals surface area contributed by atoms with Gasteiger partial charge in [-0.05, 0) is 30.2 Å². The van der Waals surface area contributed by atoms with Crippen LogP contribution in [-0.2, 0) is 6.42 Å². The van der Waals surface area contributed by atoms with Crippen molar-refractivity contribution < 1.29 is 0 Å². The predicted molar refractivity (Wildman–Crippen MR) is 69.2 cm³/mol. The molecule has 1 fully saturated rings. The molecule has 1 aromatic rings. The van der Waals surface area contributed by atoms with Crippen LogP contribution < -0.4 is 0 Å². The Bertz CT molecular complexity index is 315. The number of allylic oxidation sites excluding steroid dienone is 1. The van der Waals surface area contributed by atoms with Gasteiger partial charge in [-0.15, -0.1) is 0 Å². The summed E-state index contributed by atoms with van der Waals surface area (Å²) in [5.41, 5.74) is 1.68. The minimum absolute atomic E-state index is 0.262. The van der Waals surface area contributed by atoms with Crippen molar-refractivity contribution in [2.75, 3.05) is 0 Å². The second-order valence-electron chi connectivity index (χ2n) is 5.11. The molecule has 0 spiro atoms. The lowest BCUT2D eigenvalue weighted by molar-refractivity contribution is 0.326. The van der Waals surface area contributed by atoms with E-state index in [-0.39, 0.29) is 5.41 Å². The molecule has 1 saturated carbocycles. The van der Waals surface area contributed by atoms with Crippen molar-refractivity contribution >= 4 is 0 Å². The van der Waals surface area contributed by atoms with Crippen LogP contribution >= 0.6 is 0 Å². The summed E-state index contributed by atoms with van der Waals surface area (Å²) >= 11 is 0. The van der Waals surface area contributed by atoms with Crippen molar-refractivity contribution in [2.24, 2.45) is 5.41 Å². The lowest BCUT2D eigenvalue weighted by atomic mass is 9.75. The summed E-state index contributed by atoms with van der Waals surface area (Å²) in [6, 6.07) is 10.8. The zero-order valence-corrected chi connectivity index (χ0v) is 9.99. The fourth-order valence-corrected chi connectivity index (χ4v) is 2.84. The van der Waals surface area contributed by atoms with Crippen LogP contribution in [0.5, 0.6) is 0 Å². The first-order valence-electron chi connectivity index (χ1n) is 6.45. The lowest BCUT2D eigenvalue weighted by Crippen LogP contribution is -2.20. The monoisotopic (exact) mass is 213 g/mol. The van der Waals surface area contributed by atoms with E-state index in [1.165, 1.54) is 44.1 Å². The van der Waals surface area contributed by atoms with Crippen LogP contribution in [0.4, 0.5) is 0 Å². The molecule has 0 heteroatoms. The van der Waals surface area contributed by atoms with E-state index in [0.717, 1.165) is 6.42 Å². The van der Waals surface area contributed by atoms with Crippen LogP contribution in [0.25, 0.3) is 0 Å². The van der Waals surface area contributed by atoms with Gasteiger partial charge in [-0.25, -0.2) is 0 Å². The molecule has 0 aliphatic heterocycles. The highest BCUT2D eigenvalue weighted by atomic mass is 14.3. The SMILES string of the molecule is [CH]=CC1(Cc2ccccc2)CCCCCC1. The zero-order chi connectivity index (χ0) is 11.3. The maximum absolute atomic E-state index is 5.93. The molecule has 1 radical (unpaired) electrons. The van der Waals surface area contributed by atoms with E-state index in [2.05, 4.69) is 30.3 Å². The Hall–Kier alpha value is -1.04. The molecule has 0 amide bonds. The summed E-state index contributed by atoms with van der Waals surface area (Å²) in [5.74, 6) is 0. The molecule has 0 saturated heterocycles. The van der Waals surface area contributed by atoms with Gasteiger partial charge in [0.05, 0.1) is 0 Å². The number of hydrogen-bond acceptors (Lipinski definition) is 0. The Kier molecular flexibility index (Phi) is 3.82. The van der Waals surface area contributed by atoms with Gasteiger partial charge in [-0.2, -0.15) is 0 Å². The molecule has 0 bridgehead atoms. The van der Waals surface area contributed by atoms with Crippen molar-refractivity contribution in [2.45, 2.75) is 44.9 Å². The Morgan fingerprint density at radius 3 is 2.19 bits per heavy atom. The summed E-state index contributed by atoms with van der Waals surface area (Å²) < 4.78 is 0. The molecule has 0 N–H and O–H groups in total. The van der Waals surface area contributed by atoms with Gasteiger partial charge in [0.1, 0.15) is 0 Å².